The van der Waals surface area contributed by atoms with Crippen molar-refractivity contribution in [3.8, 4) is 0 Å². The van der Waals surface area contributed by atoms with E-state index < -0.39 is 5.97 Å². The Labute approximate surface area is 118 Å². The molecular weight excluding hydrogens is 260 g/mol. The van der Waals surface area contributed by atoms with Gasteiger partial charge in [0.1, 0.15) is 0 Å². The highest BCUT2D eigenvalue weighted by Gasteiger charge is 2.23. The molecule has 1 aliphatic rings. The van der Waals surface area contributed by atoms with Gasteiger partial charge in [-0.1, -0.05) is 6.92 Å². The number of aryl methyl sites for hydroxylation is 1. The summed E-state index contributed by atoms with van der Waals surface area (Å²) in [5.41, 5.74) is 1.20. The zero-order chi connectivity index (χ0) is 13.7. The molecule has 0 bridgehead atoms. The van der Waals surface area contributed by atoms with E-state index in [-0.39, 0.29) is 6.42 Å². The van der Waals surface area contributed by atoms with Crippen LogP contribution >= 0.6 is 11.3 Å². The summed E-state index contributed by atoms with van der Waals surface area (Å²) in [5, 5.41) is 12.1. The molecule has 1 aliphatic heterocycles. The first-order valence-corrected chi connectivity index (χ1v) is 7.95. The minimum Gasteiger partial charge on any atom is -0.481 e. The first-order valence-electron chi connectivity index (χ1n) is 7.07. The lowest BCUT2D eigenvalue weighted by molar-refractivity contribution is -0.137. The molecule has 1 N–H and O–H groups in total. The largest absolute Gasteiger partial charge is 0.481 e. The summed E-state index contributed by atoms with van der Waals surface area (Å²) in [6.45, 7) is 5.17. The molecular formula is C14H22N2O2S. The van der Waals surface area contributed by atoms with Crippen molar-refractivity contribution in [1.82, 2.24) is 9.88 Å². The average molecular weight is 282 g/mol. The molecule has 1 atom stereocenters. The molecule has 0 amide bonds. The van der Waals surface area contributed by atoms with Crippen LogP contribution in [0.2, 0.25) is 0 Å². The zero-order valence-corrected chi connectivity index (χ0v) is 12.3. The number of hydrogen-bond acceptors (Lipinski definition) is 4. The van der Waals surface area contributed by atoms with Crippen LogP contribution in [0.25, 0.3) is 0 Å². The maximum absolute atomic E-state index is 10.5. The van der Waals surface area contributed by atoms with Crippen molar-refractivity contribution < 1.29 is 9.90 Å². The SMILES string of the molecule is CCc1csc(C2CCCN(CCCC(=O)O)C2)n1. The number of carbonyl (C=O) groups is 1. The number of thiazole rings is 1. The lowest BCUT2D eigenvalue weighted by atomic mass is 9.98. The van der Waals surface area contributed by atoms with E-state index in [2.05, 4.69) is 17.2 Å². The standard InChI is InChI=1S/C14H22N2O2S/c1-2-12-10-19-14(15-12)11-5-3-7-16(9-11)8-4-6-13(17)18/h10-11H,2-9H2,1H3,(H,17,18). The number of carboxylic acid groups (broad SMARTS) is 1. The van der Waals surface area contributed by atoms with Gasteiger partial charge in [-0.3, -0.25) is 4.79 Å². The average Bonchev–Trinajstić information content (AvgIpc) is 2.87. The third-order valence-corrected chi connectivity index (χ3v) is 4.71. The fraction of sp³-hybridized carbons (Fsp3) is 0.714. The maximum atomic E-state index is 10.5. The van der Waals surface area contributed by atoms with Crippen LogP contribution in [0.4, 0.5) is 0 Å². The van der Waals surface area contributed by atoms with Gasteiger partial charge in [0.2, 0.25) is 0 Å². The van der Waals surface area contributed by atoms with Crippen LogP contribution in [0.1, 0.15) is 49.2 Å². The second-order valence-electron chi connectivity index (χ2n) is 5.17. The van der Waals surface area contributed by atoms with Crippen LogP contribution in [0.5, 0.6) is 0 Å². The quantitative estimate of drug-likeness (QED) is 0.871. The summed E-state index contributed by atoms with van der Waals surface area (Å²) in [7, 11) is 0. The van der Waals surface area contributed by atoms with Gasteiger partial charge in [-0.2, -0.15) is 0 Å². The fourth-order valence-corrected chi connectivity index (χ4v) is 3.62. The van der Waals surface area contributed by atoms with Gasteiger partial charge in [-0.25, -0.2) is 4.98 Å². The summed E-state index contributed by atoms with van der Waals surface area (Å²) >= 11 is 1.78. The van der Waals surface area contributed by atoms with Gasteiger partial charge in [0.25, 0.3) is 0 Å². The number of nitrogens with zero attached hydrogens (tertiary/aromatic N) is 2. The zero-order valence-electron chi connectivity index (χ0n) is 11.5. The number of aliphatic carboxylic acids is 1. The van der Waals surface area contributed by atoms with E-state index in [9.17, 15) is 4.79 Å². The Hall–Kier alpha value is -0.940. The highest BCUT2D eigenvalue weighted by molar-refractivity contribution is 7.09. The van der Waals surface area contributed by atoms with Crippen LogP contribution in [0.15, 0.2) is 5.38 Å². The second-order valence-corrected chi connectivity index (χ2v) is 6.06. The molecule has 1 unspecified atom stereocenters. The minimum atomic E-state index is -0.693. The van der Waals surface area contributed by atoms with Gasteiger partial charge in [0.15, 0.2) is 0 Å². The van der Waals surface area contributed by atoms with E-state index in [1.54, 1.807) is 11.3 Å². The molecule has 2 heterocycles. The Kier molecular flexibility index (Phi) is 5.34. The first kappa shape index (κ1) is 14.5. The van der Waals surface area contributed by atoms with E-state index >= 15 is 0 Å². The van der Waals surface area contributed by atoms with Crippen LogP contribution in [0.3, 0.4) is 0 Å². The third kappa shape index (κ3) is 4.28. The molecule has 0 radical (unpaired) electrons. The van der Waals surface area contributed by atoms with E-state index in [1.807, 2.05) is 0 Å². The molecule has 1 fully saturated rings. The molecule has 0 aromatic carbocycles. The molecule has 0 saturated carbocycles. The minimum absolute atomic E-state index is 0.276. The molecule has 1 aromatic rings. The molecule has 1 aromatic heterocycles. The van der Waals surface area contributed by atoms with Crippen LogP contribution in [-0.2, 0) is 11.2 Å². The van der Waals surface area contributed by atoms with E-state index in [1.165, 1.54) is 23.5 Å². The van der Waals surface area contributed by atoms with Crippen molar-refractivity contribution in [2.75, 3.05) is 19.6 Å². The van der Waals surface area contributed by atoms with Crippen molar-refractivity contribution >= 4 is 17.3 Å². The Morgan fingerprint density at radius 2 is 2.47 bits per heavy atom. The summed E-state index contributed by atoms with van der Waals surface area (Å²) in [6, 6.07) is 0. The van der Waals surface area contributed by atoms with Crippen LogP contribution in [-0.4, -0.2) is 40.6 Å². The Morgan fingerprint density at radius 1 is 1.63 bits per heavy atom. The van der Waals surface area contributed by atoms with E-state index in [4.69, 9.17) is 10.1 Å². The molecule has 106 valence electrons. The lowest BCUT2D eigenvalue weighted by Crippen LogP contribution is -2.35. The Balaban J connectivity index is 1.84. The van der Waals surface area contributed by atoms with Crippen molar-refractivity contribution in [3.05, 3.63) is 16.1 Å². The van der Waals surface area contributed by atoms with Gasteiger partial charge >= 0.3 is 5.97 Å². The molecule has 4 nitrogen and oxygen atoms in total. The summed E-state index contributed by atoms with van der Waals surface area (Å²) in [5.74, 6) is -0.148. The topological polar surface area (TPSA) is 53.4 Å². The predicted octanol–water partition coefficient (Wildman–Crippen LogP) is 2.75. The third-order valence-electron chi connectivity index (χ3n) is 3.65. The number of hydrogen-bond donors (Lipinski definition) is 1. The maximum Gasteiger partial charge on any atom is 0.303 e. The monoisotopic (exact) mass is 282 g/mol. The predicted molar refractivity (Wildman–Crippen MR) is 76.8 cm³/mol. The summed E-state index contributed by atoms with van der Waals surface area (Å²) in [6.07, 6.45) is 4.44. The van der Waals surface area contributed by atoms with Crippen LogP contribution < -0.4 is 0 Å². The van der Waals surface area contributed by atoms with Gasteiger partial charge in [0, 0.05) is 24.3 Å². The van der Waals surface area contributed by atoms with Crippen LogP contribution in [0, 0.1) is 0 Å². The van der Waals surface area contributed by atoms with Gasteiger partial charge in [-0.05, 0) is 38.8 Å². The van der Waals surface area contributed by atoms with Crippen molar-refractivity contribution in [2.45, 2.75) is 44.9 Å². The number of carboxylic acids is 1. The van der Waals surface area contributed by atoms with Crippen molar-refractivity contribution in [2.24, 2.45) is 0 Å². The van der Waals surface area contributed by atoms with Crippen molar-refractivity contribution in [3.63, 3.8) is 0 Å². The van der Waals surface area contributed by atoms with E-state index in [0.29, 0.717) is 5.92 Å². The fourth-order valence-electron chi connectivity index (χ4n) is 2.59. The van der Waals surface area contributed by atoms with Gasteiger partial charge in [0.05, 0.1) is 10.7 Å². The van der Waals surface area contributed by atoms with Crippen molar-refractivity contribution in [1.29, 1.82) is 0 Å². The lowest BCUT2D eigenvalue weighted by Gasteiger charge is -2.31. The molecule has 0 aliphatic carbocycles. The number of piperidine rings is 1. The molecule has 19 heavy (non-hydrogen) atoms. The number of rotatable bonds is 6. The van der Waals surface area contributed by atoms with E-state index in [0.717, 1.165) is 32.5 Å². The summed E-state index contributed by atoms with van der Waals surface area (Å²) in [4.78, 5) is 17.6. The molecule has 0 spiro atoms. The summed E-state index contributed by atoms with van der Waals surface area (Å²) < 4.78 is 0. The molecule has 2 rings (SSSR count). The highest BCUT2D eigenvalue weighted by Crippen LogP contribution is 2.29. The second kappa shape index (κ2) is 7.01. The number of likely N-dealkylation sites (tertiary alicyclic amines) is 1. The highest BCUT2D eigenvalue weighted by atomic mass is 32.1. The number of aromatic nitrogens is 1. The smallest absolute Gasteiger partial charge is 0.303 e. The Bertz CT molecular complexity index is 419. The molecule has 5 heteroatoms. The van der Waals surface area contributed by atoms with Gasteiger partial charge in [-0.15, -0.1) is 11.3 Å². The first-order chi connectivity index (χ1) is 9.19. The Morgan fingerprint density at radius 3 is 3.16 bits per heavy atom. The van der Waals surface area contributed by atoms with Gasteiger partial charge < -0.3 is 10.0 Å². The molecule has 1 saturated heterocycles. The normalized spacial score (nSPS) is 20.6.